The van der Waals surface area contributed by atoms with E-state index < -0.39 is 0 Å². The van der Waals surface area contributed by atoms with Crippen LogP contribution in [0, 0.1) is 0 Å². The minimum atomic E-state index is 0.0110. The second-order valence-corrected chi connectivity index (χ2v) is 8.81. The number of piperazine rings is 1. The standard InChI is InChI=1S/C26H29N3O4S/c1-31-22-7-5-20(6-8-22)26-27-21(18-34-26)17-28-10-12-29(13-11-28)25(30)9-4-19-14-23(32-2)16-24(15-19)33-3/h4-9,14-16,18H,10-13,17H2,1-3H3/b9-4+. The summed E-state index contributed by atoms with van der Waals surface area (Å²) in [6.45, 7) is 3.82. The third-order valence-corrected chi connectivity index (χ3v) is 6.69. The van der Waals surface area contributed by atoms with Crippen LogP contribution in [0.15, 0.2) is 53.9 Å². The number of carbonyl (C=O) groups is 1. The molecule has 0 bridgehead atoms. The van der Waals surface area contributed by atoms with Crippen molar-refractivity contribution in [3.8, 4) is 27.8 Å². The van der Waals surface area contributed by atoms with Crippen molar-refractivity contribution in [3.63, 3.8) is 0 Å². The summed E-state index contributed by atoms with van der Waals surface area (Å²) >= 11 is 1.65. The summed E-state index contributed by atoms with van der Waals surface area (Å²) in [6, 6.07) is 13.5. The third-order valence-electron chi connectivity index (χ3n) is 5.75. The Morgan fingerprint density at radius 1 is 0.941 bits per heavy atom. The zero-order valence-electron chi connectivity index (χ0n) is 19.7. The highest BCUT2D eigenvalue weighted by Gasteiger charge is 2.20. The quantitative estimate of drug-likeness (QED) is 0.452. The molecule has 7 nitrogen and oxygen atoms in total. The average molecular weight is 480 g/mol. The van der Waals surface area contributed by atoms with Crippen molar-refractivity contribution in [1.82, 2.24) is 14.8 Å². The van der Waals surface area contributed by atoms with Crippen LogP contribution in [0.4, 0.5) is 0 Å². The fourth-order valence-corrected chi connectivity index (χ4v) is 4.62. The van der Waals surface area contributed by atoms with Gasteiger partial charge in [0.2, 0.25) is 5.91 Å². The van der Waals surface area contributed by atoms with Gasteiger partial charge in [0.1, 0.15) is 22.3 Å². The Bertz CT molecular complexity index is 1110. The molecule has 178 valence electrons. The summed E-state index contributed by atoms with van der Waals surface area (Å²) in [7, 11) is 4.88. The van der Waals surface area contributed by atoms with Crippen LogP contribution in [0.2, 0.25) is 0 Å². The van der Waals surface area contributed by atoms with Crippen molar-refractivity contribution in [1.29, 1.82) is 0 Å². The normalized spacial score (nSPS) is 14.4. The molecule has 0 unspecified atom stereocenters. The van der Waals surface area contributed by atoms with E-state index in [4.69, 9.17) is 19.2 Å². The van der Waals surface area contributed by atoms with E-state index in [1.165, 1.54) is 0 Å². The molecular weight excluding hydrogens is 450 g/mol. The summed E-state index contributed by atoms with van der Waals surface area (Å²) in [4.78, 5) is 21.7. The zero-order chi connectivity index (χ0) is 23.9. The van der Waals surface area contributed by atoms with Crippen molar-refractivity contribution >= 4 is 23.3 Å². The summed E-state index contributed by atoms with van der Waals surface area (Å²) < 4.78 is 15.8. The number of nitrogens with zero attached hydrogens (tertiary/aromatic N) is 3. The lowest BCUT2D eigenvalue weighted by molar-refractivity contribution is -0.127. The Hall–Kier alpha value is -3.36. The van der Waals surface area contributed by atoms with Gasteiger partial charge >= 0.3 is 0 Å². The lowest BCUT2D eigenvalue weighted by Crippen LogP contribution is -2.47. The first-order chi connectivity index (χ1) is 16.6. The van der Waals surface area contributed by atoms with Gasteiger partial charge in [-0.25, -0.2) is 4.98 Å². The minimum absolute atomic E-state index is 0.0110. The van der Waals surface area contributed by atoms with Crippen LogP contribution in [-0.2, 0) is 11.3 Å². The number of methoxy groups -OCH3 is 3. The molecule has 34 heavy (non-hydrogen) atoms. The molecule has 1 amide bonds. The number of thiazole rings is 1. The largest absolute Gasteiger partial charge is 0.497 e. The molecule has 0 radical (unpaired) electrons. The van der Waals surface area contributed by atoms with Crippen molar-refractivity contribution in [3.05, 3.63) is 65.2 Å². The number of carbonyl (C=O) groups excluding carboxylic acids is 1. The highest BCUT2D eigenvalue weighted by Crippen LogP contribution is 2.26. The lowest BCUT2D eigenvalue weighted by Gasteiger charge is -2.33. The van der Waals surface area contributed by atoms with E-state index >= 15 is 0 Å². The maximum atomic E-state index is 12.7. The first-order valence-corrected chi connectivity index (χ1v) is 12.0. The molecule has 0 N–H and O–H groups in total. The minimum Gasteiger partial charge on any atom is -0.497 e. The predicted octanol–water partition coefficient (Wildman–Crippen LogP) is 4.19. The number of benzene rings is 2. The molecule has 0 saturated carbocycles. The second-order valence-electron chi connectivity index (χ2n) is 7.95. The molecule has 3 aromatic rings. The second kappa shape index (κ2) is 11.2. The topological polar surface area (TPSA) is 64.1 Å². The first kappa shape index (κ1) is 23.8. The van der Waals surface area contributed by atoms with Crippen molar-refractivity contribution < 1.29 is 19.0 Å². The molecular formula is C26H29N3O4S. The van der Waals surface area contributed by atoms with Gasteiger partial charge in [-0.3, -0.25) is 9.69 Å². The summed E-state index contributed by atoms with van der Waals surface area (Å²) in [5.74, 6) is 2.23. The maximum absolute atomic E-state index is 12.7. The first-order valence-electron chi connectivity index (χ1n) is 11.1. The SMILES string of the molecule is COc1ccc(-c2nc(CN3CCN(C(=O)/C=C/c4cc(OC)cc(OC)c4)CC3)cs2)cc1. The fraction of sp³-hybridized carbons (Fsp3) is 0.308. The number of amides is 1. The van der Waals surface area contributed by atoms with Gasteiger partial charge in [0.15, 0.2) is 0 Å². The molecule has 2 aromatic carbocycles. The Morgan fingerprint density at radius 3 is 2.21 bits per heavy atom. The average Bonchev–Trinajstić information content (AvgIpc) is 3.35. The number of rotatable bonds is 8. The Kier molecular flexibility index (Phi) is 7.82. The van der Waals surface area contributed by atoms with E-state index in [1.54, 1.807) is 50.9 Å². The smallest absolute Gasteiger partial charge is 0.246 e. The highest BCUT2D eigenvalue weighted by atomic mass is 32.1. The van der Waals surface area contributed by atoms with Crippen LogP contribution in [0.25, 0.3) is 16.6 Å². The van der Waals surface area contributed by atoms with Crippen molar-refractivity contribution in [2.75, 3.05) is 47.5 Å². The maximum Gasteiger partial charge on any atom is 0.246 e. The van der Waals surface area contributed by atoms with Crippen molar-refractivity contribution in [2.45, 2.75) is 6.54 Å². The van der Waals surface area contributed by atoms with Gasteiger partial charge < -0.3 is 19.1 Å². The highest BCUT2D eigenvalue weighted by molar-refractivity contribution is 7.13. The van der Waals surface area contributed by atoms with Gasteiger partial charge in [-0.05, 0) is 48.0 Å². The molecule has 1 aliphatic heterocycles. The zero-order valence-corrected chi connectivity index (χ0v) is 20.5. The van der Waals surface area contributed by atoms with E-state index in [0.29, 0.717) is 24.6 Å². The summed E-state index contributed by atoms with van der Waals surface area (Å²) in [5.41, 5.74) is 3.01. The van der Waals surface area contributed by atoms with Crippen molar-refractivity contribution in [2.24, 2.45) is 0 Å². The van der Waals surface area contributed by atoms with Gasteiger partial charge in [-0.2, -0.15) is 0 Å². The van der Waals surface area contributed by atoms with Crippen LogP contribution in [0.3, 0.4) is 0 Å². The van der Waals surface area contributed by atoms with Gasteiger partial charge in [-0.1, -0.05) is 0 Å². The van der Waals surface area contributed by atoms with Gasteiger partial charge in [0.25, 0.3) is 0 Å². The van der Waals surface area contributed by atoms with Gasteiger partial charge in [-0.15, -0.1) is 11.3 Å². The third kappa shape index (κ3) is 5.95. The van der Waals surface area contributed by atoms with Crippen LogP contribution in [0.5, 0.6) is 17.2 Å². The predicted molar refractivity (Wildman–Crippen MR) is 135 cm³/mol. The number of aromatic nitrogens is 1. The van der Waals surface area contributed by atoms with E-state index in [1.807, 2.05) is 41.3 Å². The van der Waals surface area contributed by atoms with Crippen LogP contribution >= 0.6 is 11.3 Å². The van der Waals surface area contributed by atoms with Crippen LogP contribution in [-0.4, -0.2) is 68.2 Å². The fourth-order valence-electron chi connectivity index (χ4n) is 3.80. The van der Waals surface area contributed by atoms with E-state index in [-0.39, 0.29) is 5.91 Å². The summed E-state index contributed by atoms with van der Waals surface area (Å²) in [5, 5.41) is 3.12. The van der Waals surface area contributed by atoms with E-state index in [0.717, 1.165) is 47.2 Å². The monoisotopic (exact) mass is 479 g/mol. The molecule has 4 rings (SSSR count). The molecule has 8 heteroatoms. The summed E-state index contributed by atoms with van der Waals surface area (Å²) in [6.07, 6.45) is 3.42. The molecule has 1 aromatic heterocycles. The number of ether oxygens (including phenoxy) is 3. The molecule has 1 fully saturated rings. The number of hydrogen-bond acceptors (Lipinski definition) is 7. The molecule has 1 saturated heterocycles. The van der Waals surface area contributed by atoms with E-state index in [2.05, 4.69) is 10.3 Å². The Labute approximate surface area is 204 Å². The van der Waals surface area contributed by atoms with Crippen LogP contribution < -0.4 is 14.2 Å². The Morgan fingerprint density at radius 2 is 1.59 bits per heavy atom. The lowest BCUT2D eigenvalue weighted by atomic mass is 10.1. The number of hydrogen-bond donors (Lipinski definition) is 0. The van der Waals surface area contributed by atoms with E-state index in [9.17, 15) is 4.79 Å². The van der Waals surface area contributed by atoms with Gasteiger partial charge in [0, 0.05) is 55.8 Å². The van der Waals surface area contributed by atoms with Crippen LogP contribution in [0.1, 0.15) is 11.3 Å². The Balaban J connectivity index is 1.29. The molecule has 0 aliphatic carbocycles. The van der Waals surface area contributed by atoms with Gasteiger partial charge in [0.05, 0.1) is 27.0 Å². The molecule has 1 aliphatic rings. The molecule has 0 spiro atoms. The molecule has 2 heterocycles. The molecule has 0 atom stereocenters.